The number of aryl methyl sites for hydroxylation is 2. The maximum absolute atomic E-state index is 4.39. The normalized spacial score (nSPS) is 10.3. The van der Waals surface area contributed by atoms with E-state index in [1.165, 1.54) is 16.7 Å². The Bertz CT molecular complexity index is 544. The standard InChI is InChI=1S/C16H21N3/c1-12-5-6-14(9-13(12)2)10-17-15-7-8-16(18-11-15)19(3)4/h5-9,11,17H,10H2,1-4H3. The number of benzene rings is 1. The summed E-state index contributed by atoms with van der Waals surface area (Å²) in [6, 6.07) is 10.6. The third kappa shape index (κ3) is 3.47. The molecule has 0 amide bonds. The van der Waals surface area contributed by atoms with Crippen LogP contribution in [0.4, 0.5) is 11.5 Å². The molecule has 0 saturated carbocycles. The molecule has 3 heteroatoms. The van der Waals surface area contributed by atoms with Crippen molar-refractivity contribution in [2.75, 3.05) is 24.3 Å². The molecule has 0 aliphatic heterocycles. The van der Waals surface area contributed by atoms with Crippen LogP contribution in [0.2, 0.25) is 0 Å². The largest absolute Gasteiger partial charge is 0.380 e. The number of aromatic nitrogens is 1. The van der Waals surface area contributed by atoms with Gasteiger partial charge < -0.3 is 10.2 Å². The summed E-state index contributed by atoms with van der Waals surface area (Å²) in [7, 11) is 3.98. The Balaban J connectivity index is 2.00. The van der Waals surface area contributed by atoms with Crippen LogP contribution in [-0.4, -0.2) is 19.1 Å². The van der Waals surface area contributed by atoms with Crippen molar-refractivity contribution in [3.05, 3.63) is 53.2 Å². The molecule has 1 aromatic heterocycles. The van der Waals surface area contributed by atoms with E-state index in [0.717, 1.165) is 18.1 Å². The van der Waals surface area contributed by atoms with Gasteiger partial charge in [0.15, 0.2) is 0 Å². The minimum Gasteiger partial charge on any atom is -0.380 e. The van der Waals surface area contributed by atoms with E-state index in [4.69, 9.17) is 0 Å². The molecule has 0 unspecified atom stereocenters. The summed E-state index contributed by atoms with van der Waals surface area (Å²) in [5.41, 5.74) is 5.00. The minimum atomic E-state index is 0.824. The van der Waals surface area contributed by atoms with Crippen molar-refractivity contribution in [2.24, 2.45) is 0 Å². The van der Waals surface area contributed by atoms with Crippen molar-refractivity contribution < 1.29 is 0 Å². The van der Waals surface area contributed by atoms with E-state index in [9.17, 15) is 0 Å². The molecule has 2 rings (SSSR count). The Morgan fingerprint density at radius 1 is 1.05 bits per heavy atom. The van der Waals surface area contributed by atoms with Crippen molar-refractivity contribution in [1.82, 2.24) is 4.98 Å². The van der Waals surface area contributed by atoms with Crippen LogP contribution < -0.4 is 10.2 Å². The highest BCUT2D eigenvalue weighted by Crippen LogP contribution is 2.14. The fourth-order valence-corrected chi connectivity index (χ4v) is 1.87. The van der Waals surface area contributed by atoms with E-state index in [0.29, 0.717) is 0 Å². The predicted octanol–water partition coefficient (Wildman–Crippen LogP) is 3.38. The zero-order valence-corrected chi connectivity index (χ0v) is 12.1. The molecule has 0 bridgehead atoms. The van der Waals surface area contributed by atoms with Gasteiger partial charge in [-0.3, -0.25) is 0 Å². The highest BCUT2D eigenvalue weighted by Gasteiger charge is 1.99. The van der Waals surface area contributed by atoms with E-state index in [2.05, 4.69) is 48.4 Å². The first-order chi connectivity index (χ1) is 9.06. The minimum absolute atomic E-state index is 0.824. The Kier molecular flexibility index (Phi) is 4.05. The second kappa shape index (κ2) is 5.74. The quantitative estimate of drug-likeness (QED) is 0.907. The molecule has 3 nitrogen and oxygen atoms in total. The fraction of sp³-hybridized carbons (Fsp3) is 0.312. The van der Waals surface area contributed by atoms with Gasteiger partial charge in [-0.15, -0.1) is 0 Å². The van der Waals surface area contributed by atoms with Crippen molar-refractivity contribution in [1.29, 1.82) is 0 Å². The molecule has 19 heavy (non-hydrogen) atoms. The summed E-state index contributed by atoms with van der Waals surface area (Å²) in [6.07, 6.45) is 1.87. The molecule has 0 atom stereocenters. The highest BCUT2D eigenvalue weighted by molar-refractivity contribution is 5.48. The topological polar surface area (TPSA) is 28.2 Å². The van der Waals surface area contributed by atoms with Gasteiger partial charge >= 0.3 is 0 Å². The predicted molar refractivity (Wildman–Crippen MR) is 81.8 cm³/mol. The summed E-state index contributed by atoms with van der Waals surface area (Å²) < 4.78 is 0. The van der Waals surface area contributed by atoms with E-state index in [1.807, 2.05) is 31.3 Å². The molecule has 0 radical (unpaired) electrons. The third-order valence-corrected chi connectivity index (χ3v) is 3.27. The van der Waals surface area contributed by atoms with Crippen LogP contribution in [0, 0.1) is 13.8 Å². The summed E-state index contributed by atoms with van der Waals surface area (Å²) >= 11 is 0. The number of hydrogen-bond donors (Lipinski definition) is 1. The van der Waals surface area contributed by atoms with Crippen molar-refractivity contribution in [3.8, 4) is 0 Å². The van der Waals surface area contributed by atoms with Crippen LogP contribution in [0.15, 0.2) is 36.5 Å². The average Bonchev–Trinajstić information content (AvgIpc) is 2.40. The van der Waals surface area contributed by atoms with E-state index < -0.39 is 0 Å². The van der Waals surface area contributed by atoms with Gasteiger partial charge in [-0.05, 0) is 42.7 Å². The van der Waals surface area contributed by atoms with Crippen LogP contribution in [0.5, 0.6) is 0 Å². The summed E-state index contributed by atoms with van der Waals surface area (Å²) in [5.74, 6) is 0.969. The average molecular weight is 255 g/mol. The first-order valence-corrected chi connectivity index (χ1v) is 6.49. The van der Waals surface area contributed by atoms with Crippen molar-refractivity contribution >= 4 is 11.5 Å². The molecular formula is C16H21N3. The SMILES string of the molecule is Cc1ccc(CNc2ccc(N(C)C)nc2)cc1C. The third-order valence-electron chi connectivity index (χ3n) is 3.27. The second-order valence-corrected chi connectivity index (χ2v) is 5.07. The molecule has 1 heterocycles. The molecule has 100 valence electrons. The van der Waals surface area contributed by atoms with Crippen LogP contribution in [0.25, 0.3) is 0 Å². The van der Waals surface area contributed by atoms with Crippen LogP contribution in [-0.2, 0) is 6.54 Å². The molecular weight excluding hydrogens is 234 g/mol. The number of anilines is 2. The first-order valence-electron chi connectivity index (χ1n) is 6.49. The molecule has 0 aliphatic rings. The highest BCUT2D eigenvalue weighted by atomic mass is 15.1. The Morgan fingerprint density at radius 2 is 1.84 bits per heavy atom. The van der Waals surface area contributed by atoms with Gasteiger partial charge in [0.2, 0.25) is 0 Å². The molecule has 0 saturated heterocycles. The fourth-order valence-electron chi connectivity index (χ4n) is 1.87. The lowest BCUT2D eigenvalue weighted by molar-refractivity contribution is 1.06. The van der Waals surface area contributed by atoms with Gasteiger partial charge in [0.1, 0.15) is 5.82 Å². The van der Waals surface area contributed by atoms with Crippen molar-refractivity contribution in [2.45, 2.75) is 20.4 Å². The number of pyridine rings is 1. The number of hydrogen-bond acceptors (Lipinski definition) is 3. The second-order valence-electron chi connectivity index (χ2n) is 5.07. The number of rotatable bonds is 4. The molecule has 1 aromatic carbocycles. The van der Waals surface area contributed by atoms with Crippen LogP contribution in [0.1, 0.15) is 16.7 Å². The Morgan fingerprint density at radius 3 is 2.42 bits per heavy atom. The lowest BCUT2D eigenvalue weighted by Crippen LogP contribution is -2.10. The van der Waals surface area contributed by atoms with E-state index in [-0.39, 0.29) is 0 Å². The molecule has 0 fully saturated rings. The number of nitrogens with one attached hydrogen (secondary N) is 1. The van der Waals surface area contributed by atoms with Gasteiger partial charge in [0.25, 0.3) is 0 Å². The molecule has 1 N–H and O–H groups in total. The Hall–Kier alpha value is -2.03. The zero-order valence-electron chi connectivity index (χ0n) is 12.1. The zero-order chi connectivity index (χ0) is 13.8. The smallest absolute Gasteiger partial charge is 0.128 e. The molecule has 2 aromatic rings. The lowest BCUT2D eigenvalue weighted by atomic mass is 10.1. The first kappa shape index (κ1) is 13.4. The maximum atomic E-state index is 4.39. The van der Waals surface area contributed by atoms with Gasteiger partial charge in [-0.2, -0.15) is 0 Å². The van der Waals surface area contributed by atoms with Gasteiger partial charge in [-0.25, -0.2) is 4.98 Å². The summed E-state index contributed by atoms with van der Waals surface area (Å²) in [6.45, 7) is 5.10. The molecule has 0 spiro atoms. The number of nitrogens with zero attached hydrogens (tertiary/aromatic N) is 2. The van der Waals surface area contributed by atoms with Crippen LogP contribution in [0.3, 0.4) is 0 Å². The van der Waals surface area contributed by atoms with Gasteiger partial charge in [-0.1, -0.05) is 18.2 Å². The lowest BCUT2D eigenvalue weighted by Gasteiger charge is -2.12. The van der Waals surface area contributed by atoms with E-state index >= 15 is 0 Å². The Labute approximate surface area is 115 Å². The van der Waals surface area contributed by atoms with E-state index in [1.54, 1.807) is 0 Å². The van der Waals surface area contributed by atoms with Crippen LogP contribution >= 0.6 is 0 Å². The van der Waals surface area contributed by atoms with Gasteiger partial charge in [0.05, 0.1) is 11.9 Å². The maximum Gasteiger partial charge on any atom is 0.128 e. The summed E-state index contributed by atoms with van der Waals surface area (Å²) in [4.78, 5) is 6.38. The van der Waals surface area contributed by atoms with Crippen molar-refractivity contribution in [3.63, 3.8) is 0 Å². The monoisotopic (exact) mass is 255 g/mol. The molecule has 0 aliphatic carbocycles. The summed E-state index contributed by atoms with van der Waals surface area (Å²) in [5, 5.41) is 3.39. The van der Waals surface area contributed by atoms with Gasteiger partial charge in [0, 0.05) is 20.6 Å².